The summed E-state index contributed by atoms with van der Waals surface area (Å²) >= 11 is 13.7. The number of carbonyl (C=O) groups excluding carboxylic acids is 2. The molecule has 2 aromatic carbocycles. The molecule has 1 aliphatic heterocycles. The largest absolute Gasteiger partial charge is 0.324 e. The fourth-order valence-corrected chi connectivity index (χ4v) is 4.30. The van der Waals surface area contributed by atoms with Gasteiger partial charge < -0.3 is 10.2 Å². The van der Waals surface area contributed by atoms with Crippen LogP contribution in [0.3, 0.4) is 0 Å². The molecule has 0 radical (unpaired) electrons. The molecule has 1 fully saturated rings. The monoisotopic (exact) mass is 419 g/mol. The molecule has 1 unspecified atom stereocenters. The van der Waals surface area contributed by atoms with Gasteiger partial charge in [-0.25, -0.2) is 4.98 Å². The summed E-state index contributed by atoms with van der Waals surface area (Å²) < 4.78 is 1.08. The van der Waals surface area contributed by atoms with E-state index in [-0.39, 0.29) is 18.2 Å². The molecule has 1 saturated heterocycles. The molecule has 1 atom stereocenters. The number of hydrogen-bond donors (Lipinski definition) is 1. The van der Waals surface area contributed by atoms with Gasteiger partial charge in [-0.05, 0) is 43.3 Å². The van der Waals surface area contributed by atoms with Crippen LogP contribution in [0, 0.1) is 12.8 Å². The molecule has 8 heteroatoms. The van der Waals surface area contributed by atoms with E-state index in [1.54, 1.807) is 34.4 Å². The number of benzene rings is 2. The highest BCUT2D eigenvalue weighted by molar-refractivity contribution is 7.18. The van der Waals surface area contributed by atoms with Crippen LogP contribution >= 0.6 is 34.5 Å². The zero-order valence-corrected chi connectivity index (χ0v) is 16.7. The van der Waals surface area contributed by atoms with E-state index in [1.807, 2.05) is 25.1 Å². The molecular formula is C19H15Cl2N3O2S. The van der Waals surface area contributed by atoms with E-state index in [0.29, 0.717) is 22.3 Å². The maximum absolute atomic E-state index is 12.6. The summed E-state index contributed by atoms with van der Waals surface area (Å²) in [6.07, 6.45) is 0.151. The van der Waals surface area contributed by atoms with Gasteiger partial charge in [0.05, 0.1) is 31.9 Å². The first-order valence-electron chi connectivity index (χ1n) is 8.34. The number of fused-ring (bicyclic) bond motifs is 1. The molecule has 2 heterocycles. The van der Waals surface area contributed by atoms with Gasteiger partial charge >= 0.3 is 0 Å². The number of nitrogens with one attached hydrogen (secondary N) is 1. The van der Waals surface area contributed by atoms with Crippen molar-refractivity contribution in [3.05, 3.63) is 51.5 Å². The zero-order chi connectivity index (χ0) is 19.1. The van der Waals surface area contributed by atoms with E-state index in [4.69, 9.17) is 23.2 Å². The minimum atomic E-state index is -0.458. The van der Waals surface area contributed by atoms with Crippen LogP contribution in [-0.4, -0.2) is 23.3 Å². The second-order valence-electron chi connectivity index (χ2n) is 6.40. The molecule has 0 spiro atoms. The maximum Gasteiger partial charge on any atom is 0.229 e. The summed E-state index contributed by atoms with van der Waals surface area (Å²) in [5, 5.41) is 4.63. The number of thiazole rings is 1. The molecule has 0 aliphatic carbocycles. The van der Waals surface area contributed by atoms with E-state index >= 15 is 0 Å². The molecule has 1 N–H and O–H groups in total. The summed E-state index contributed by atoms with van der Waals surface area (Å²) in [4.78, 5) is 31.2. The van der Waals surface area contributed by atoms with Crippen LogP contribution in [-0.2, 0) is 9.59 Å². The molecule has 5 nitrogen and oxygen atoms in total. The summed E-state index contributed by atoms with van der Waals surface area (Å²) in [5.74, 6) is -0.792. The fraction of sp³-hybridized carbons (Fsp3) is 0.211. The third-order valence-electron chi connectivity index (χ3n) is 4.47. The SMILES string of the molecule is Cc1nc2cc(N3CC(C(=O)Nc4cc(Cl)ccc4Cl)CC3=O)ccc2s1. The minimum absolute atomic E-state index is 0.0846. The lowest BCUT2D eigenvalue weighted by molar-refractivity contribution is -0.122. The Morgan fingerprint density at radius 3 is 2.89 bits per heavy atom. The molecule has 1 aromatic heterocycles. The Hall–Kier alpha value is -2.15. The Labute approximate surface area is 169 Å². The Morgan fingerprint density at radius 1 is 1.26 bits per heavy atom. The Kier molecular flexibility index (Phi) is 4.80. The van der Waals surface area contributed by atoms with Crippen LogP contribution < -0.4 is 10.2 Å². The zero-order valence-electron chi connectivity index (χ0n) is 14.3. The number of aryl methyl sites for hydroxylation is 1. The highest BCUT2D eigenvalue weighted by Crippen LogP contribution is 2.31. The number of amides is 2. The predicted molar refractivity (Wildman–Crippen MR) is 110 cm³/mol. The van der Waals surface area contributed by atoms with Crippen molar-refractivity contribution in [2.45, 2.75) is 13.3 Å². The molecular weight excluding hydrogens is 405 g/mol. The first-order valence-corrected chi connectivity index (χ1v) is 9.91. The topological polar surface area (TPSA) is 62.3 Å². The number of anilines is 2. The van der Waals surface area contributed by atoms with E-state index in [9.17, 15) is 9.59 Å². The molecule has 1 aliphatic rings. The van der Waals surface area contributed by atoms with Crippen LogP contribution in [0.15, 0.2) is 36.4 Å². The van der Waals surface area contributed by atoms with Crippen molar-refractivity contribution in [1.29, 1.82) is 0 Å². The van der Waals surface area contributed by atoms with Crippen LogP contribution in [0.2, 0.25) is 10.0 Å². The average Bonchev–Trinajstić information content (AvgIpc) is 3.19. The van der Waals surface area contributed by atoms with Crippen molar-refractivity contribution in [3.8, 4) is 0 Å². The lowest BCUT2D eigenvalue weighted by Gasteiger charge is -2.17. The standard InChI is InChI=1S/C19H15Cl2N3O2S/c1-10-22-16-8-13(3-5-17(16)27-10)24-9-11(6-18(24)25)19(26)23-15-7-12(20)2-4-14(15)21/h2-5,7-8,11H,6,9H2,1H3,(H,23,26). The first kappa shape index (κ1) is 18.2. The molecule has 2 amide bonds. The third kappa shape index (κ3) is 3.65. The summed E-state index contributed by atoms with van der Waals surface area (Å²) in [6, 6.07) is 10.6. The number of rotatable bonds is 3. The second kappa shape index (κ2) is 7.11. The van der Waals surface area contributed by atoms with Crippen molar-refractivity contribution in [2.24, 2.45) is 5.92 Å². The lowest BCUT2D eigenvalue weighted by atomic mass is 10.1. The highest BCUT2D eigenvalue weighted by atomic mass is 35.5. The van der Waals surface area contributed by atoms with E-state index in [2.05, 4.69) is 10.3 Å². The minimum Gasteiger partial charge on any atom is -0.324 e. The van der Waals surface area contributed by atoms with Crippen LogP contribution in [0.1, 0.15) is 11.4 Å². The van der Waals surface area contributed by atoms with Crippen molar-refractivity contribution in [3.63, 3.8) is 0 Å². The molecule has 0 bridgehead atoms. The van der Waals surface area contributed by atoms with Gasteiger partial charge in [0.2, 0.25) is 11.8 Å². The molecule has 0 saturated carbocycles. The van der Waals surface area contributed by atoms with Gasteiger partial charge in [0, 0.05) is 23.7 Å². The average molecular weight is 420 g/mol. The van der Waals surface area contributed by atoms with Crippen molar-refractivity contribution >= 4 is 67.9 Å². The van der Waals surface area contributed by atoms with E-state index in [1.165, 1.54) is 0 Å². The summed E-state index contributed by atoms with van der Waals surface area (Å²) in [7, 11) is 0. The van der Waals surface area contributed by atoms with Gasteiger partial charge in [-0.15, -0.1) is 11.3 Å². The highest BCUT2D eigenvalue weighted by Gasteiger charge is 2.35. The summed E-state index contributed by atoms with van der Waals surface area (Å²) in [5.41, 5.74) is 2.06. The molecule has 138 valence electrons. The Bertz CT molecular complexity index is 1070. The number of aromatic nitrogens is 1. The van der Waals surface area contributed by atoms with Crippen molar-refractivity contribution in [2.75, 3.05) is 16.8 Å². The Balaban J connectivity index is 1.52. The molecule has 4 rings (SSSR count). The second-order valence-corrected chi connectivity index (χ2v) is 8.48. The maximum atomic E-state index is 12.6. The first-order chi connectivity index (χ1) is 12.9. The normalized spacial score (nSPS) is 16.9. The van der Waals surface area contributed by atoms with Crippen molar-refractivity contribution in [1.82, 2.24) is 4.98 Å². The van der Waals surface area contributed by atoms with Gasteiger partial charge in [-0.1, -0.05) is 23.2 Å². The van der Waals surface area contributed by atoms with Gasteiger partial charge in [0.15, 0.2) is 0 Å². The van der Waals surface area contributed by atoms with Gasteiger partial charge in [-0.3, -0.25) is 9.59 Å². The number of carbonyl (C=O) groups is 2. The van der Waals surface area contributed by atoms with Crippen LogP contribution in [0.5, 0.6) is 0 Å². The van der Waals surface area contributed by atoms with Crippen LogP contribution in [0.4, 0.5) is 11.4 Å². The van der Waals surface area contributed by atoms with Gasteiger partial charge in [0.1, 0.15) is 0 Å². The molecule has 27 heavy (non-hydrogen) atoms. The quantitative estimate of drug-likeness (QED) is 0.656. The predicted octanol–water partition coefficient (Wildman–Crippen LogP) is 4.90. The fourth-order valence-electron chi connectivity index (χ4n) is 3.16. The summed E-state index contributed by atoms with van der Waals surface area (Å²) in [6.45, 7) is 2.27. The van der Waals surface area contributed by atoms with E-state index < -0.39 is 5.92 Å². The molecule has 3 aromatic rings. The Morgan fingerprint density at radius 2 is 2.07 bits per heavy atom. The number of hydrogen-bond acceptors (Lipinski definition) is 4. The number of halogens is 2. The van der Waals surface area contributed by atoms with E-state index in [0.717, 1.165) is 20.9 Å². The third-order valence-corrected chi connectivity index (χ3v) is 5.99. The van der Waals surface area contributed by atoms with Crippen molar-refractivity contribution < 1.29 is 9.59 Å². The van der Waals surface area contributed by atoms with Gasteiger partial charge in [0.25, 0.3) is 0 Å². The van der Waals surface area contributed by atoms with Crippen LogP contribution in [0.25, 0.3) is 10.2 Å². The van der Waals surface area contributed by atoms with Gasteiger partial charge in [-0.2, -0.15) is 0 Å². The number of nitrogens with zero attached hydrogens (tertiary/aromatic N) is 2. The lowest BCUT2D eigenvalue weighted by Crippen LogP contribution is -2.28. The smallest absolute Gasteiger partial charge is 0.229 e.